The lowest BCUT2D eigenvalue weighted by molar-refractivity contribution is -0.118. The number of nitrogens with zero attached hydrogens (tertiary/aromatic N) is 1. The van der Waals surface area contributed by atoms with Crippen LogP contribution in [0.4, 0.5) is 5.69 Å². The van der Waals surface area contributed by atoms with E-state index in [1.807, 2.05) is 23.1 Å². The fourth-order valence-electron chi connectivity index (χ4n) is 2.82. The molecule has 1 heterocycles. The van der Waals surface area contributed by atoms with Crippen molar-refractivity contribution in [3.05, 3.63) is 59.7 Å². The first-order valence-corrected chi connectivity index (χ1v) is 6.83. The summed E-state index contributed by atoms with van der Waals surface area (Å²) >= 11 is 0. The predicted octanol–water partition coefficient (Wildman–Crippen LogP) is 2.91. The highest BCUT2D eigenvalue weighted by Gasteiger charge is 2.30. The Morgan fingerprint density at radius 1 is 1.20 bits per heavy atom. The molecule has 102 valence electrons. The molecular weight excluding hydrogens is 250 g/mol. The lowest BCUT2D eigenvalue weighted by Gasteiger charge is -2.22. The second kappa shape index (κ2) is 5.00. The Kier molecular flexibility index (Phi) is 3.18. The van der Waals surface area contributed by atoms with Gasteiger partial charge < -0.3 is 10.0 Å². The summed E-state index contributed by atoms with van der Waals surface area (Å²) < 4.78 is 0. The molecule has 3 heteroatoms. The number of aromatic hydroxyl groups is 1. The maximum Gasteiger partial charge on any atom is 0.231 e. The molecule has 1 aliphatic rings. The van der Waals surface area contributed by atoms with Gasteiger partial charge in [-0.2, -0.15) is 0 Å². The van der Waals surface area contributed by atoms with Crippen molar-refractivity contribution in [3.63, 3.8) is 0 Å². The maximum absolute atomic E-state index is 12.5. The smallest absolute Gasteiger partial charge is 0.231 e. The molecule has 0 spiro atoms. The van der Waals surface area contributed by atoms with Gasteiger partial charge in [0.25, 0.3) is 0 Å². The Balaban J connectivity index is 1.82. The molecule has 0 fully saturated rings. The van der Waals surface area contributed by atoms with Gasteiger partial charge in [0, 0.05) is 11.7 Å². The van der Waals surface area contributed by atoms with Gasteiger partial charge in [0.1, 0.15) is 5.75 Å². The van der Waals surface area contributed by atoms with Crippen molar-refractivity contribution in [3.8, 4) is 5.75 Å². The number of anilines is 1. The van der Waals surface area contributed by atoms with Crippen molar-refractivity contribution in [2.24, 2.45) is 0 Å². The van der Waals surface area contributed by atoms with Gasteiger partial charge in [-0.15, -0.1) is 0 Å². The highest BCUT2D eigenvalue weighted by Crippen LogP contribution is 2.32. The van der Waals surface area contributed by atoms with Crippen LogP contribution in [0.2, 0.25) is 0 Å². The number of hydrogen-bond donors (Lipinski definition) is 1. The minimum Gasteiger partial charge on any atom is -0.508 e. The van der Waals surface area contributed by atoms with E-state index in [1.165, 1.54) is 5.56 Å². The summed E-state index contributed by atoms with van der Waals surface area (Å²) in [6, 6.07) is 15.1. The van der Waals surface area contributed by atoms with Gasteiger partial charge in [0.15, 0.2) is 0 Å². The third-order valence-corrected chi connectivity index (χ3v) is 3.77. The number of benzene rings is 2. The molecule has 1 atom stereocenters. The molecule has 0 saturated heterocycles. The second-order valence-electron chi connectivity index (χ2n) is 5.29. The van der Waals surface area contributed by atoms with E-state index in [4.69, 9.17) is 0 Å². The molecule has 0 bridgehead atoms. The fraction of sp³-hybridized carbons (Fsp3) is 0.235. The lowest BCUT2D eigenvalue weighted by atomic mass is 10.1. The fourth-order valence-corrected chi connectivity index (χ4v) is 2.82. The number of fused-ring (bicyclic) bond motifs is 1. The molecule has 2 aromatic rings. The molecular formula is C17H17NO2. The Hall–Kier alpha value is -2.29. The van der Waals surface area contributed by atoms with Crippen molar-refractivity contribution < 1.29 is 9.90 Å². The van der Waals surface area contributed by atoms with Crippen LogP contribution in [0.25, 0.3) is 0 Å². The highest BCUT2D eigenvalue weighted by molar-refractivity contribution is 5.97. The van der Waals surface area contributed by atoms with Crippen LogP contribution in [0.1, 0.15) is 18.1 Å². The first-order valence-electron chi connectivity index (χ1n) is 6.83. The molecule has 1 aliphatic heterocycles. The topological polar surface area (TPSA) is 40.5 Å². The van der Waals surface area contributed by atoms with Crippen LogP contribution >= 0.6 is 0 Å². The number of carbonyl (C=O) groups excluding carboxylic acids is 1. The molecule has 3 nitrogen and oxygen atoms in total. The van der Waals surface area contributed by atoms with Gasteiger partial charge in [-0.3, -0.25) is 4.79 Å². The minimum absolute atomic E-state index is 0.105. The first-order chi connectivity index (χ1) is 9.65. The van der Waals surface area contributed by atoms with Gasteiger partial charge in [-0.25, -0.2) is 0 Å². The van der Waals surface area contributed by atoms with Gasteiger partial charge in [0.2, 0.25) is 5.91 Å². The van der Waals surface area contributed by atoms with E-state index in [0.29, 0.717) is 6.42 Å². The molecule has 0 unspecified atom stereocenters. The van der Waals surface area contributed by atoms with Crippen LogP contribution in [0.15, 0.2) is 48.5 Å². The third kappa shape index (κ3) is 2.27. The van der Waals surface area contributed by atoms with Crippen LogP contribution < -0.4 is 4.90 Å². The summed E-state index contributed by atoms with van der Waals surface area (Å²) in [4.78, 5) is 14.4. The summed E-state index contributed by atoms with van der Waals surface area (Å²) in [6.45, 7) is 2.08. The normalized spacial score (nSPS) is 17.1. The van der Waals surface area contributed by atoms with Crippen molar-refractivity contribution in [1.29, 1.82) is 0 Å². The molecule has 1 N–H and O–H groups in total. The van der Waals surface area contributed by atoms with E-state index in [-0.39, 0.29) is 17.7 Å². The van der Waals surface area contributed by atoms with Gasteiger partial charge in [-0.05, 0) is 42.7 Å². The zero-order valence-electron chi connectivity index (χ0n) is 11.4. The van der Waals surface area contributed by atoms with Crippen molar-refractivity contribution in [1.82, 2.24) is 0 Å². The van der Waals surface area contributed by atoms with Gasteiger partial charge >= 0.3 is 0 Å². The van der Waals surface area contributed by atoms with Crippen LogP contribution in [0.3, 0.4) is 0 Å². The molecule has 0 aliphatic carbocycles. The maximum atomic E-state index is 12.5. The predicted molar refractivity (Wildman–Crippen MR) is 78.9 cm³/mol. The molecule has 20 heavy (non-hydrogen) atoms. The number of carbonyl (C=O) groups is 1. The van der Waals surface area contributed by atoms with Gasteiger partial charge in [-0.1, -0.05) is 30.3 Å². The number of phenols is 1. The molecule has 0 radical (unpaired) electrons. The van der Waals surface area contributed by atoms with E-state index in [2.05, 4.69) is 13.0 Å². The molecule has 0 saturated carbocycles. The van der Waals surface area contributed by atoms with Crippen LogP contribution in [0.5, 0.6) is 5.75 Å². The lowest BCUT2D eigenvalue weighted by Crippen LogP contribution is -2.36. The average Bonchev–Trinajstić information content (AvgIpc) is 2.77. The SMILES string of the molecule is C[C@H]1Cc2ccccc2N1C(=O)Cc1ccc(O)cc1. The molecule has 1 amide bonds. The Morgan fingerprint density at radius 3 is 2.65 bits per heavy atom. The summed E-state index contributed by atoms with van der Waals surface area (Å²) in [7, 11) is 0. The average molecular weight is 267 g/mol. The highest BCUT2D eigenvalue weighted by atomic mass is 16.3. The van der Waals surface area contributed by atoms with E-state index in [1.54, 1.807) is 24.3 Å². The summed E-state index contributed by atoms with van der Waals surface area (Å²) in [5.74, 6) is 0.328. The molecule has 2 aromatic carbocycles. The van der Waals surface area contributed by atoms with E-state index >= 15 is 0 Å². The number of rotatable bonds is 2. The largest absolute Gasteiger partial charge is 0.508 e. The Labute approximate surface area is 118 Å². The zero-order chi connectivity index (χ0) is 14.1. The third-order valence-electron chi connectivity index (χ3n) is 3.77. The van der Waals surface area contributed by atoms with Crippen LogP contribution in [-0.2, 0) is 17.6 Å². The van der Waals surface area contributed by atoms with Crippen LogP contribution in [0, 0.1) is 0 Å². The Morgan fingerprint density at radius 2 is 1.90 bits per heavy atom. The van der Waals surface area contributed by atoms with Crippen molar-refractivity contribution in [2.75, 3.05) is 4.90 Å². The molecule has 3 rings (SSSR count). The number of phenolic OH excluding ortho intramolecular Hbond substituents is 1. The number of para-hydroxylation sites is 1. The number of amides is 1. The summed E-state index contributed by atoms with van der Waals surface area (Å²) in [5, 5.41) is 9.28. The summed E-state index contributed by atoms with van der Waals surface area (Å²) in [5.41, 5.74) is 3.19. The molecule has 0 aromatic heterocycles. The second-order valence-corrected chi connectivity index (χ2v) is 5.29. The van der Waals surface area contributed by atoms with E-state index in [9.17, 15) is 9.90 Å². The van der Waals surface area contributed by atoms with Crippen LogP contribution in [-0.4, -0.2) is 17.1 Å². The minimum atomic E-state index is 0.105. The quantitative estimate of drug-likeness (QED) is 0.909. The zero-order valence-corrected chi connectivity index (χ0v) is 11.4. The first kappa shape index (κ1) is 12.7. The van der Waals surface area contributed by atoms with Crippen molar-refractivity contribution in [2.45, 2.75) is 25.8 Å². The van der Waals surface area contributed by atoms with E-state index in [0.717, 1.165) is 17.7 Å². The standard InChI is InChI=1S/C17H17NO2/c1-12-10-14-4-2-3-5-16(14)18(12)17(20)11-13-6-8-15(19)9-7-13/h2-9,12,19H,10-11H2,1H3/t12-/m0/s1. The number of hydrogen-bond acceptors (Lipinski definition) is 2. The summed E-state index contributed by atoms with van der Waals surface area (Å²) in [6.07, 6.45) is 1.27. The van der Waals surface area contributed by atoms with E-state index < -0.39 is 0 Å². The monoisotopic (exact) mass is 267 g/mol. The Bertz CT molecular complexity index is 634. The van der Waals surface area contributed by atoms with Crippen molar-refractivity contribution >= 4 is 11.6 Å². The van der Waals surface area contributed by atoms with Gasteiger partial charge in [0.05, 0.1) is 6.42 Å².